The van der Waals surface area contributed by atoms with Crippen LogP contribution in [0.3, 0.4) is 0 Å². The highest BCUT2D eigenvalue weighted by atomic mass is 35.5. The maximum atomic E-state index is 12.5. The number of hydrogen-bond acceptors (Lipinski definition) is 4. The van der Waals surface area contributed by atoms with Crippen LogP contribution in [0, 0.1) is 5.92 Å². The highest BCUT2D eigenvalue weighted by molar-refractivity contribution is 7.09. The first kappa shape index (κ1) is 14.8. The van der Waals surface area contributed by atoms with Gasteiger partial charge in [0.1, 0.15) is 10.7 Å². The second-order valence-electron chi connectivity index (χ2n) is 5.23. The Morgan fingerprint density at radius 3 is 2.79 bits per heavy atom. The lowest BCUT2D eigenvalue weighted by atomic mass is 9.79. The van der Waals surface area contributed by atoms with Crippen molar-refractivity contribution in [3.8, 4) is 0 Å². The molecule has 2 N–H and O–H groups in total. The Hall–Kier alpha value is -0.650. The third-order valence-electron chi connectivity index (χ3n) is 4.20. The second-order valence-corrected chi connectivity index (χ2v) is 6.17. The summed E-state index contributed by atoms with van der Waals surface area (Å²) in [4.78, 5) is 18.8. The SMILES string of the molecule is Cl.NCc1nc(C(=O)N2CCCC2C2CCC2)cs1. The van der Waals surface area contributed by atoms with Gasteiger partial charge in [0.2, 0.25) is 0 Å². The van der Waals surface area contributed by atoms with Crippen molar-refractivity contribution in [3.63, 3.8) is 0 Å². The first-order chi connectivity index (χ1) is 8.79. The summed E-state index contributed by atoms with van der Waals surface area (Å²) in [6.07, 6.45) is 6.22. The number of likely N-dealkylation sites (tertiary alicyclic amines) is 1. The summed E-state index contributed by atoms with van der Waals surface area (Å²) in [6, 6.07) is 0.467. The minimum atomic E-state index is 0. The smallest absolute Gasteiger partial charge is 0.273 e. The number of amides is 1. The Balaban J connectivity index is 0.00000133. The molecule has 0 aromatic carbocycles. The molecular weight excluding hydrogens is 282 g/mol. The summed E-state index contributed by atoms with van der Waals surface area (Å²) in [5.41, 5.74) is 6.14. The molecule has 2 aliphatic rings. The highest BCUT2D eigenvalue weighted by Gasteiger charge is 2.38. The molecule has 2 heterocycles. The van der Waals surface area contributed by atoms with E-state index >= 15 is 0 Å². The van der Waals surface area contributed by atoms with Crippen molar-refractivity contribution in [3.05, 3.63) is 16.1 Å². The molecule has 4 nitrogen and oxygen atoms in total. The quantitative estimate of drug-likeness (QED) is 0.933. The Kier molecular flexibility index (Phi) is 4.81. The third kappa shape index (κ3) is 2.78. The molecule has 6 heteroatoms. The number of nitrogens with two attached hydrogens (primary N) is 1. The predicted octanol–water partition coefficient (Wildman–Crippen LogP) is 2.43. The fraction of sp³-hybridized carbons (Fsp3) is 0.692. The van der Waals surface area contributed by atoms with Crippen LogP contribution in [0.25, 0.3) is 0 Å². The molecule has 1 aromatic rings. The van der Waals surface area contributed by atoms with Crippen LogP contribution in [-0.4, -0.2) is 28.4 Å². The Labute approximate surface area is 123 Å². The standard InChI is InChI=1S/C13H19N3OS.ClH/c14-7-12-15-10(8-18-12)13(17)16-6-2-5-11(16)9-3-1-4-9;/h8-9,11H,1-7,14H2;1H. The minimum Gasteiger partial charge on any atom is -0.334 e. The van der Waals surface area contributed by atoms with Gasteiger partial charge in [-0.1, -0.05) is 6.42 Å². The molecule has 0 bridgehead atoms. The van der Waals surface area contributed by atoms with Gasteiger partial charge >= 0.3 is 0 Å². The zero-order valence-corrected chi connectivity index (χ0v) is 12.5. The van der Waals surface area contributed by atoms with Gasteiger partial charge in [-0.3, -0.25) is 4.79 Å². The van der Waals surface area contributed by atoms with Crippen LogP contribution < -0.4 is 5.73 Å². The molecule has 1 saturated carbocycles. The van der Waals surface area contributed by atoms with Crippen LogP contribution in [0.15, 0.2) is 5.38 Å². The van der Waals surface area contributed by atoms with E-state index < -0.39 is 0 Å². The van der Waals surface area contributed by atoms with E-state index in [1.54, 1.807) is 0 Å². The average Bonchev–Trinajstić information content (AvgIpc) is 2.94. The summed E-state index contributed by atoms with van der Waals surface area (Å²) in [5, 5.41) is 2.69. The van der Waals surface area contributed by atoms with Crippen LogP contribution >= 0.6 is 23.7 Å². The average molecular weight is 302 g/mol. The molecule has 3 rings (SSSR count). The van der Waals surface area contributed by atoms with Crippen molar-refractivity contribution in [1.82, 2.24) is 9.88 Å². The van der Waals surface area contributed by atoms with E-state index in [9.17, 15) is 4.79 Å². The number of carbonyl (C=O) groups is 1. The molecule has 1 unspecified atom stereocenters. The Morgan fingerprint density at radius 1 is 1.42 bits per heavy atom. The summed E-state index contributed by atoms with van der Waals surface area (Å²) in [7, 11) is 0. The van der Waals surface area contributed by atoms with Gasteiger partial charge < -0.3 is 10.6 Å². The van der Waals surface area contributed by atoms with Crippen molar-refractivity contribution >= 4 is 29.7 Å². The van der Waals surface area contributed by atoms with Crippen molar-refractivity contribution in [2.75, 3.05) is 6.54 Å². The van der Waals surface area contributed by atoms with E-state index in [-0.39, 0.29) is 18.3 Å². The second kappa shape index (κ2) is 6.20. The van der Waals surface area contributed by atoms with E-state index in [0.29, 0.717) is 18.3 Å². The van der Waals surface area contributed by atoms with E-state index in [0.717, 1.165) is 23.9 Å². The number of thiazole rings is 1. The van der Waals surface area contributed by atoms with Crippen LogP contribution in [-0.2, 0) is 6.54 Å². The zero-order chi connectivity index (χ0) is 12.5. The molecule has 0 spiro atoms. The van der Waals surface area contributed by atoms with E-state index in [1.807, 2.05) is 5.38 Å². The van der Waals surface area contributed by atoms with E-state index in [4.69, 9.17) is 5.73 Å². The lowest BCUT2D eigenvalue weighted by Crippen LogP contribution is -2.42. The van der Waals surface area contributed by atoms with Crippen LogP contribution in [0.5, 0.6) is 0 Å². The number of hydrogen-bond donors (Lipinski definition) is 1. The largest absolute Gasteiger partial charge is 0.334 e. The van der Waals surface area contributed by atoms with Crippen molar-refractivity contribution in [2.24, 2.45) is 11.7 Å². The Morgan fingerprint density at radius 2 is 2.21 bits per heavy atom. The molecule has 1 aliphatic heterocycles. The summed E-state index contributed by atoms with van der Waals surface area (Å²) in [5.74, 6) is 0.851. The van der Waals surface area contributed by atoms with Gasteiger partial charge in [0, 0.05) is 24.5 Å². The fourth-order valence-electron chi connectivity index (χ4n) is 3.01. The predicted molar refractivity (Wildman–Crippen MR) is 78.7 cm³/mol. The normalized spacial score (nSPS) is 23.0. The van der Waals surface area contributed by atoms with Crippen molar-refractivity contribution < 1.29 is 4.79 Å². The molecule has 2 fully saturated rings. The zero-order valence-electron chi connectivity index (χ0n) is 10.9. The molecule has 19 heavy (non-hydrogen) atoms. The number of nitrogens with zero attached hydrogens (tertiary/aromatic N) is 2. The molecule has 1 aliphatic carbocycles. The number of rotatable bonds is 3. The summed E-state index contributed by atoms with van der Waals surface area (Å²) in [6.45, 7) is 1.32. The number of halogens is 1. The first-order valence-corrected chi connectivity index (χ1v) is 7.63. The van der Waals surface area contributed by atoms with Gasteiger partial charge in [0.05, 0.1) is 0 Å². The minimum absolute atomic E-state index is 0. The van der Waals surface area contributed by atoms with Gasteiger partial charge in [0.25, 0.3) is 5.91 Å². The first-order valence-electron chi connectivity index (χ1n) is 6.75. The number of carbonyl (C=O) groups excluding carboxylic acids is 1. The van der Waals surface area contributed by atoms with Gasteiger partial charge in [-0.25, -0.2) is 4.98 Å². The maximum absolute atomic E-state index is 12.5. The van der Waals surface area contributed by atoms with Crippen LogP contribution in [0.1, 0.15) is 47.6 Å². The van der Waals surface area contributed by atoms with Gasteiger partial charge in [-0.2, -0.15) is 0 Å². The van der Waals surface area contributed by atoms with E-state index in [1.165, 1.54) is 37.0 Å². The fourth-order valence-corrected chi connectivity index (χ4v) is 3.66. The number of aromatic nitrogens is 1. The van der Waals surface area contributed by atoms with Crippen LogP contribution in [0.2, 0.25) is 0 Å². The molecule has 1 saturated heterocycles. The third-order valence-corrected chi connectivity index (χ3v) is 5.07. The van der Waals surface area contributed by atoms with Gasteiger partial charge in [0.15, 0.2) is 0 Å². The highest BCUT2D eigenvalue weighted by Crippen LogP contribution is 2.37. The molecule has 1 atom stereocenters. The molecular formula is C13H20ClN3OS. The summed E-state index contributed by atoms with van der Waals surface area (Å²) >= 11 is 1.48. The molecule has 1 aromatic heterocycles. The molecule has 0 radical (unpaired) electrons. The van der Waals surface area contributed by atoms with Gasteiger partial charge in [-0.05, 0) is 31.6 Å². The monoisotopic (exact) mass is 301 g/mol. The van der Waals surface area contributed by atoms with Crippen molar-refractivity contribution in [2.45, 2.75) is 44.7 Å². The lowest BCUT2D eigenvalue weighted by Gasteiger charge is -2.36. The van der Waals surface area contributed by atoms with Crippen LogP contribution in [0.4, 0.5) is 0 Å². The topological polar surface area (TPSA) is 59.2 Å². The van der Waals surface area contributed by atoms with E-state index in [2.05, 4.69) is 9.88 Å². The Bertz CT molecular complexity index is 447. The molecule has 1 amide bonds. The van der Waals surface area contributed by atoms with Crippen molar-refractivity contribution in [1.29, 1.82) is 0 Å². The maximum Gasteiger partial charge on any atom is 0.273 e. The molecule has 106 valence electrons. The summed E-state index contributed by atoms with van der Waals surface area (Å²) < 4.78 is 0. The van der Waals surface area contributed by atoms with Gasteiger partial charge in [-0.15, -0.1) is 23.7 Å². The lowest BCUT2D eigenvalue weighted by molar-refractivity contribution is 0.0621.